The van der Waals surface area contributed by atoms with Crippen LogP contribution in [0.1, 0.15) is 11.5 Å². The number of H-pyrrole nitrogens is 3. The second-order valence-electron chi connectivity index (χ2n) is 10.5. The van der Waals surface area contributed by atoms with E-state index in [0.717, 1.165) is 27.4 Å². The third kappa shape index (κ3) is 4.51. The number of carbonyl (C=O) groups excluding carboxylic acids is 1. The van der Waals surface area contributed by atoms with Crippen molar-refractivity contribution in [3.63, 3.8) is 0 Å². The van der Waals surface area contributed by atoms with E-state index in [0.29, 0.717) is 45.0 Å². The number of carbonyl (C=O) groups is 1. The summed E-state index contributed by atoms with van der Waals surface area (Å²) in [5, 5.41) is 19.0. The van der Waals surface area contributed by atoms with Gasteiger partial charge in [0.15, 0.2) is 17.4 Å². The number of rotatable bonds is 6. The topological polar surface area (TPSA) is 141 Å². The normalized spacial score (nSPS) is 14.2. The molecule has 3 aromatic heterocycles. The number of aromatic nitrogens is 6. The van der Waals surface area contributed by atoms with Gasteiger partial charge in [0.05, 0.1) is 27.7 Å². The molecule has 0 radical (unpaired) electrons. The smallest absolute Gasteiger partial charge is 0.271 e. The van der Waals surface area contributed by atoms with Gasteiger partial charge in [0.2, 0.25) is 0 Å². The van der Waals surface area contributed by atoms with Crippen LogP contribution < -0.4 is 26.2 Å². The highest BCUT2D eigenvalue weighted by atomic mass is 16.5. The Kier molecular flexibility index (Phi) is 5.90. The van der Waals surface area contributed by atoms with Gasteiger partial charge in [-0.15, -0.1) is 0 Å². The zero-order valence-corrected chi connectivity index (χ0v) is 23.0. The second kappa shape index (κ2) is 10.2. The predicted octanol–water partition coefficient (Wildman–Crippen LogP) is 4.65. The first kappa shape index (κ1) is 25.4. The lowest BCUT2D eigenvalue weighted by molar-refractivity contribution is -0.113. The van der Waals surface area contributed by atoms with Gasteiger partial charge in [-0.2, -0.15) is 5.10 Å². The number of Topliss-reactive ketones (excluding diaryl/α,β-unsaturated/α-hetero) is 1. The Morgan fingerprint density at radius 1 is 0.750 bits per heavy atom. The fourth-order valence-corrected chi connectivity index (χ4v) is 5.43. The highest BCUT2D eigenvalue weighted by Crippen LogP contribution is 2.29. The minimum absolute atomic E-state index is 0.0469. The highest BCUT2D eigenvalue weighted by molar-refractivity contribution is 6.14. The maximum Gasteiger partial charge on any atom is 0.271 e. The first-order valence-electron chi connectivity index (χ1n) is 14.0. The van der Waals surface area contributed by atoms with Crippen LogP contribution in [0.2, 0.25) is 0 Å². The summed E-state index contributed by atoms with van der Waals surface area (Å²) in [7, 11) is 0. The summed E-state index contributed by atoms with van der Waals surface area (Å²) in [4.78, 5) is 35.0. The quantitative estimate of drug-likeness (QED) is 0.225. The van der Waals surface area contributed by atoms with Gasteiger partial charge in [0.1, 0.15) is 17.3 Å². The largest absolute Gasteiger partial charge is 0.457 e. The number of nitrogens with zero attached hydrogens (tertiary/aromatic N) is 3. The molecular weight excluding hydrogens is 554 g/mol. The zero-order valence-electron chi connectivity index (χ0n) is 23.0. The molecule has 1 unspecified atom stereocenters. The molecule has 0 bridgehead atoms. The number of ether oxygens (including phenoxy) is 1. The van der Waals surface area contributed by atoms with Crippen molar-refractivity contribution in [1.82, 2.24) is 30.4 Å². The van der Waals surface area contributed by atoms with Crippen molar-refractivity contribution in [2.45, 2.75) is 5.92 Å². The third-order valence-electron chi connectivity index (χ3n) is 7.65. The van der Waals surface area contributed by atoms with E-state index in [1.54, 1.807) is 12.1 Å². The fourth-order valence-electron chi connectivity index (χ4n) is 5.43. The lowest BCUT2D eigenvalue weighted by Gasteiger charge is -2.14. The number of fused-ring (bicyclic) bond motifs is 3. The van der Waals surface area contributed by atoms with Gasteiger partial charge in [0.25, 0.3) is 5.56 Å². The van der Waals surface area contributed by atoms with Crippen molar-refractivity contribution < 1.29 is 9.53 Å². The Labute approximate surface area is 248 Å². The molecule has 0 amide bonds. The van der Waals surface area contributed by atoms with E-state index in [1.807, 2.05) is 97.1 Å². The van der Waals surface area contributed by atoms with E-state index in [9.17, 15) is 9.59 Å². The summed E-state index contributed by atoms with van der Waals surface area (Å²) in [5.74, 6) is 2.43. The number of hydrogen-bond acceptors (Lipinski definition) is 7. The maximum absolute atomic E-state index is 13.1. The van der Waals surface area contributed by atoms with Crippen LogP contribution in [-0.4, -0.2) is 36.1 Å². The van der Waals surface area contributed by atoms with Crippen LogP contribution in [-0.2, 0) is 4.79 Å². The summed E-state index contributed by atoms with van der Waals surface area (Å²) < 4.78 is 5.92. The van der Waals surface area contributed by atoms with Gasteiger partial charge in [-0.1, -0.05) is 48.5 Å². The van der Waals surface area contributed by atoms with Crippen molar-refractivity contribution >= 4 is 51.4 Å². The molecule has 0 fully saturated rings. The minimum atomic E-state index is -0.490. The van der Waals surface area contributed by atoms with E-state index in [2.05, 4.69) is 25.7 Å². The summed E-state index contributed by atoms with van der Waals surface area (Å²) in [6, 6.07) is 30.2. The van der Waals surface area contributed by atoms with Crippen molar-refractivity contribution in [1.29, 1.82) is 0 Å². The predicted molar refractivity (Wildman–Crippen MR) is 168 cm³/mol. The molecule has 10 nitrogen and oxygen atoms in total. The second-order valence-corrected chi connectivity index (χ2v) is 10.5. The van der Waals surface area contributed by atoms with Gasteiger partial charge >= 0.3 is 0 Å². The number of ketones is 1. The standard InChI is InChI=1S/C34H23N7O3/c42-30-18-29-25(17-24(30)19-10-13-22(14-11-19)44-21-6-2-1-3-7-21)33(40-39-29)37-32-23-8-4-5-9-27(23)35-31(36-32)20-12-15-28-26(16-20)34(43)41-38-28/h1-18,24,39H,(H2,38,41,43)(H,35,36,37,40). The molecule has 1 aliphatic carbocycles. The van der Waals surface area contributed by atoms with Crippen molar-refractivity contribution in [2.75, 3.05) is 5.32 Å². The Morgan fingerprint density at radius 2 is 1.55 bits per heavy atom. The molecule has 8 rings (SSSR count). The summed E-state index contributed by atoms with van der Waals surface area (Å²) in [6.07, 6.45) is 3.49. The van der Waals surface area contributed by atoms with Crippen LogP contribution >= 0.6 is 0 Å². The number of benzene rings is 4. The lowest BCUT2D eigenvalue weighted by atomic mass is 9.91. The third-order valence-corrected chi connectivity index (χ3v) is 7.65. The van der Waals surface area contributed by atoms with Crippen LogP contribution in [0.5, 0.6) is 11.5 Å². The SMILES string of the molecule is O=C1C=c2[nH]nc(Nc3nc(-c4ccc5[nH][nH]c(=O)c5c4)nc4ccccc34)c2=CC1c1ccc(Oc2ccccc2)cc1. The molecule has 44 heavy (non-hydrogen) atoms. The molecule has 0 aliphatic heterocycles. The van der Waals surface area contributed by atoms with Crippen molar-refractivity contribution in [3.8, 4) is 22.9 Å². The molecule has 4 aromatic carbocycles. The molecule has 4 N–H and O–H groups in total. The molecule has 0 spiro atoms. The van der Waals surface area contributed by atoms with Gasteiger partial charge in [-0.25, -0.2) is 9.97 Å². The van der Waals surface area contributed by atoms with Gasteiger partial charge in [-0.05, 0) is 60.2 Å². The van der Waals surface area contributed by atoms with Crippen LogP contribution in [0.25, 0.3) is 45.3 Å². The molecule has 3 heterocycles. The lowest BCUT2D eigenvalue weighted by Crippen LogP contribution is -2.32. The van der Waals surface area contributed by atoms with Crippen LogP contribution in [0.4, 0.5) is 11.6 Å². The number of nitrogens with one attached hydrogen (secondary N) is 4. The summed E-state index contributed by atoms with van der Waals surface area (Å²) in [5.41, 5.74) is 2.77. The molecule has 7 aromatic rings. The Morgan fingerprint density at radius 3 is 2.41 bits per heavy atom. The number of anilines is 2. The molecular formula is C34H23N7O3. The Bertz CT molecular complexity index is 2390. The first-order valence-corrected chi connectivity index (χ1v) is 14.0. The number of aromatic amines is 3. The molecule has 0 saturated heterocycles. The van der Waals surface area contributed by atoms with Gasteiger partial charge in [0, 0.05) is 22.2 Å². The first-order chi connectivity index (χ1) is 21.6. The van der Waals surface area contributed by atoms with Crippen molar-refractivity contribution in [2.24, 2.45) is 0 Å². The van der Waals surface area contributed by atoms with E-state index < -0.39 is 5.92 Å². The molecule has 1 aliphatic rings. The van der Waals surface area contributed by atoms with Crippen LogP contribution in [0.15, 0.2) is 102 Å². The highest BCUT2D eigenvalue weighted by Gasteiger charge is 2.22. The van der Waals surface area contributed by atoms with Crippen LogP contribution in [0.3, 0.4) is 0 Å². The molecule has 1 atom stereocenters. The average molecular weight is 578 g/mol. The summed E-state index contributed by atoms with van der Waals surface area (Å²) >= 11 is 0. The fraction of sp³-hybridized carbons (Fsp3) is 0.0294. The van der Waals surface area contributed by atoms with E-state index >= 15 is 0 Å². The number of hydrogen-bond donors (Lipinski definition) is 4. The maximum atomic E-state index is 13.1. The van der Waals surface area contributed by atoms with Crippen LogP contribution in [0, 0.1) is 0 Å². The van der Waals surface area contributed by atoms with E-state index in [4.69, 9.17) is 14.7 Å². The van der Waals surface area contributed by atoms with E-state index in [1.165, 1.54) is 0 Å². The van der Waals surface area contributed by atoms with Crippen molar-refractivity contribution in [3.05, 3.63) is 124 Å². The minimum Gasteiger partial charge on any atom is -0.457 e. The average Bonchev–Trinajstić information content (AvgIpc) is 3.63. The van der Waals surface area contributed by atoms with E-state index in [-0.39, 0.29) is 11.3 Å². The van der Waals surface area contributed by atoms with Gasteiger partial charge < -0.3 is 10.1 Å². The molecule has 212 valence electrons. The van der Waals surface area contributed by atoms with Gasteiger partial charge in [-0.3, -0.25) is 24.9 Å². The molecule has 10 heteroatoms. The molecule has 0 saturated carbocycles. The summed E-state index contributed by atoms with van der Waals surface area (Å²) in [6.45, 7) is 0. The number of para-hydroxylation sites is 2. The Balaban J connectivity index is 1.15. The monoisotopic (exact) mass is 577 g/mol. The Hall–Kier alpha value is -6.29. The zero-order chi connectivity index (χ0) is 29.6.